The van der Waals surface area contributed by atoms with E-state index in [0.717, 1.165) is 10.0 Å². The van der Waals surface area contributed by atoms with Gasteiger partial charge in [-0.25, -0.2) is 0 Å². The van der Waals surface area contributed by atoms with Gasteiger partial charge in [0.2, 0.25) is 0 Å². The van der Waals surface area contributed by atoms with Crippen molar-refractivity contribution in [2.45, 2.75) is 6.36 Å². The van der Waals surface area contributed by atoms with Gasteiger partial charge in [0.25, 0.3) is 0 Å². The van der Waals surface area contributed by atoms with Crippen LogP contribution >= 0.6 is 15.9 Å². The molecule has 0 spiro atoms. The van der Waals surface area contributed by atoms with Gasteiger partial charge in [0, 0.05) is 4.47 Å². The summed E-state index contributed by atoms with van der Waals surface area (Å²) in [5.41, 5.74) is 1.89. The zero-order chi connectivity index (χ0) is 14.8. The zero-order valence-corrected chi connectivity index (χ0v) is 11.5. The van der Waals surface area contributed by atoms with Gasteiger partial charge in [0.1, 0.15) is 5.75 Å². The Bertz CT molecular complexity index is 660. The van der Waals surface area contributed by atoms with Crippen LogP contribution in [0.4, 0.5) is 13.2 Å². The van der Waals surface area contributed by atoms with Gasteiger partial charge in [-0.15, -0.1) is 13.2 Å². The number of hydrogen-bond acceptors (Lipinski definition) is 2. The van der Waals surface area contributed by atoms with Gasteiger partial charge in [-0.2, -0.15) is 5.26 Å². The standard InChI is InChI=1S/C14H7BrF3NO/c15-12-6-9(8-19)5-11(7-12)10-1-3-13(4-2-10)20-14(16,17)18/h1-7H. The minimum Gasteiger partial charge on any atom is -0.406 e. The fourth-order valence-electron chi connectivity index (χ4n) is 1.67. The maximum absolute atomic E-state index is 12.1. The summed E-state index contributed by atoms with van der Waals surface area (Å²) < 4.78 is 40.7. The third-order valence-corrected chi connectivity index (χ3v) is 2.91. The van der Waals surface area contributed by atoms with Crippen molar-refractivity contribution in [3.05, 3.63) is 52.5 Å². The summed E-state index contributed by atoms with van der Waals surface area (Å²) >= 11 is 3.28. The van der Waals surface area contributed by atoms with Crippen LogP contribution in [0.15, 0.2) is 46.9 Å². The van der Waals surface area contributed by atoms with Gasteiger partial charge in [-0.05, 0) is 41.5 Å². The molecule has 0 N–H and O–H groups in total. The SMILES string of the molecule is N#Cc1cc(Br)cc(-c2ccc(OC(F)(F)F)cc2)c1. The predicted molar refractivity (Wildman–Crippen MR) is 71.0 cm³/mol. The summed E-state index contributed by atoms with van der Waals surface area (Å²) in [7, 11) is 0. The molecule has 6 heteroatoms. The van der Waals surface area contributed by atoms with Crippen LogP contribution < -0.4 is 4.74 Å². The molecule has 2 aromatic carbocycles. The molecule has 0 amide bonds. The van der Waals surface area contributed by atoms with Crippen LogP contribution in [-0.2, 0) is 0 Å². The third kappa shape index (κ3) is 3.75. The second-order valence-corrected chi connectivity index (χ2v) is 4.83. The summed E-state index contributed by atoms with van der Waals surface area (Å²) in [4.78, 5) is 0. The lowest BCUT2D eigenvalue weighted by Crippen LogP contribution is -2.16. The average Bonchev–Trinajstić information content (AvgIpc) is 2.37. The van der Waals surface area contributed by atoms with Crippen molar-refractivity contribution in [2.75, 3.05) is 0 Å². The monoisotopic (exact) mass is 341 g/mol. The first-order valence-electron chi connectivity index (χ1n) is 5.44. The molecule has 0 radical (unpaired) electrons. The van der Waals surface area contributed by atoms with Crippen LogP contribution in [0.5, 0.6) is 5.75 Å². The summed E-state index contributed by atoms with van der Waals surface area (Å²) in [5.74, 6) is -0.281. The van der Waals surface area contributed by atoms with Crippen LogP contribution in [0.1, 0.15) is 5.56 Å². The van der Waals surface area contributed by atoms with Crippen LogP contribution in [-0.4, -0.2) is 6.36 Å². The van der Waals surface area contributed by atoms with E-state index in [1.54, 1.807) is 18.2 Å². The van der Waals surface area contributed by atoms with Crippen molar-refractivity contribution in [3.63, 3.8) is 0 Å². The molecule has 0 saturated carbocycles. The molecule has 102 valence electrons. The maximum atomic E-state index is 12.1. The molecule has 2 rings (SSSR count). The number of ether oxygens (including phenoxy) is 1. The number of nitriles is 1. The second kappa shape index (κ2) is 5.55. The van der Waals surface area contributed by atoms with E-state index in [2.05, 4.69) is 20.7 Å². The van der Waals surface area contributed by atoms with Gasteiger partial charge in [-0.1, -0.05) is 28.1 Å². The molecule has 0 aliphatic rings. The van der Waals surface area contributed by atoms with Gasteiger partial charge in [0.05, 0.1) is 11.6 Å². The maximum Gasteiger partial charge on any atom is 0.573 e. The molecule has 20 heavy (non-hydrogen) atoms. The number of hydrogen-bond donors (Lipinski definition) is 0. The van der Waals surface area contributed by atoms with E-state index < -0.39 is 6.36 Å². The molecule has 0 bridgehead atoms. The van der Waals surface area contributed by atoms with Crippen LogP contribution in [0, 0.1) is 11.3 Å². The minimum atomic E-state index is -4.70. The van der Waals surface area contributed by atoms with Crippen LogP contribution in [0.25, 0.3) is 11.1 Å². The van der Waals surface area contributed by atoms with Crippen LogP contribution in [0.3, 0.4) is 0 Å². The van der Waals surface area contributed by atoms with Gasteiger partial charge >= 0.3 is 6.36 Å². The Balaban J connectivity index is 2.31. The van der Waals surface area contributed by atoms with E-state index in [-0.39, 0.29) is 5.75 Å². The molecule has 0 heterocycles. The lowest BCUT2D eigenvalue weighted by atomic mass is 10.0. The summed E-state index contributed by atoms with van der Waals surface area (Å²) in [6, 6.07) is 12.6. The fraction of sp³-hybridized carbons (Fsp3) is 0.0714. The Hall–Kier alpha value is -2.00. The second-order valence-electron chi connectivity index (χ2n) is 3.91. The first kappa shape index (κ1) is 14.4. The van der Waals surface area contributed by atoms with E-state index in [1.165, 1.54) is 24.3 Å². The van der Waals surface area contributed by atoms with Crippen molar-refractivity contribution in [1.29, 1.82) is 5.26 Å². The summed E-state index contributed by atoms with van der Waals surface area (Å²) in [6.45, 7) is 0. The highest BCUT2D eigenvalue weighted by Gasteiger charge is 2.30. The molecule has 2 aromatic rings. The quantitative estimate of drug-likeness (QED) is 0.779. The van der Waals surface area contributed by atoms with E-state index in [9.17, 15) is 13.2 Å². The van der Waals surface area contributed by atoms with Crippen molar-refractivity contribution in [1.82, 2.24) is 0 Å². The number of nitrogens with zero attached hydrogens (tertiary/aromatic N) is 1. The fourth-order valence-corrected chi connectivity index (χ4v) is 2.16. The minimum absolute atomic E-state index is 0.281. The molecule has 0 aromatic heterocycles. The highest BCUT2D eigenvalue weighted by atomic mass is 79.9. The highest BCUT2D eigenvalue weighted by molar-refractivity contribution is 9.10. The van der Waals surface area contributed by atoms with Crippen molar-refractivity contribution >= 4 is 15.9 Å². The molecule has 2 nitrogen and oxygen atoms in total. The Morgan fingerprint density at radius 3 is 2.20 bits per heavy atom. The van der Waals surface area contributed by atoms with Crippen molar-refractivity contribution in [2.24, 2.45) is 0 Å². The molecule has 0 unspecified atom stereocenters. The largest absolute Gasteiger partial charge is 0.573 e. The Morgan fingerprint density at radius 2 is 1.65 bits per heavy atom. The predicted octanol–water partition coefficient (Wildman–Crippen LogP) is 4.89. The van der Waals surface area contributed by atoms with Crippen molar-refractivity contribution < 1.29 is 17.9 Å². The number of halogens is 4. The molecular formula is C14H7BrF3NO. The molecule has 0 aliphatic heterocycles. The lowest BCUT2D eigenvalue weighted by Gasteiger charge is -2.09. The van der Waals surface area contributed by atoms with E-state index in [1.807, 2.05) is 6.07 Å². The van der Waals surface area contributed by atoms with Gasteiger partial charge in [-0.3, -0.25) is 0 Å². The molecule has 0 fully saturated rings. The Morgan fingerprint density at radius 1 is 1.00 bits per heavy atom. The topological polar surface area (TPSA) is 33.0 Å². The smallest absolute Gasteiger partial charge is 0.406 e. The normalized spacial score (nSPS) is 10.9. The van der Waals surface area contributed by atoms with Crippen LogP contribution in [0.2, 0.25) is 0 Å². The number of rotatable bonds is 2. The molecular weight excluding hydrogens is 335 g/mol. The van der Waals surface area contributed by atoms with Gasteiger partial charge in [0.15, 0.2) is 0 Å². The van der Waals surface area contributed by atoms with E-state index in [0.29, 0.717) is 11.1 Å². The highest BCUT2D eigenvalue weighted by Crippen LogP contribution is 2.28. The van der Waals surface area contributed by atoms with E-state index in [4.69, 9.17) is 5.26 Å². The summed E-state index contributed by atoms with van der Waals surface area (Å²) in [6.07, 6.45) is -4.70. The third-order valence-electron chi connectivity index (χ3n) is 2.45. The lowest BCUT2D eigenvalue weighted by molar-refractivity contribution is -0.274. The van der Waals surface area contributed by atoms with Gasteiger partial charge < -0.3 is 4.74 Å². The number of benzene rings is 2. The molecule has 0 atom stereocenters. The number of alkyl halides is 3. The zero-order valence-electron chi connectivity index (χ0n) is 9.91. The average molecular weight is 342 g/mol. The Kier molecular flexibility index (Phi) is 4.00. The first-order valence-corrected chi connectivity index (χ1v) is 6.23. The molecule has 0 saturated heterocycles. The molecule has 0 aliphatic carbocycles. The van der Waals surface area contributed by atoms with E-state index >= 15 is 0 Å². The van der Waals surface area contributed by atoms with Crippen molar-refractivity contribution in [3.8, 4) is 22.9 Å². The first-order chi connectivity index (χ1) is 9.37. The summed E-state index contributed by atoms with van der Waals surface area (Å²) in [5, 5.41) is 8.89. The Labute approximate surface area is 121 Å².